The first-order valence-electron chi connectivity index (χ1n) is 5.65. The summed E-state index contributed by atoms with van der Waals surface area (Å²) in [5, 5.41) is 3.47. The first-order chi connectivity index (χ1) is 7.63. The molecule has 2 nitrogen and oxygen atoms in total. The molecule has 0 aliphatic rings. The van der Waals surface area contributed by atoms with Gasteiger partial charge in [-0.2, -0.15) is 0 Å². The molecule has 2 heteroatoms. The molecule has 0 amide bonds. The van der Waals surface area contributed by atoms with Gasteiger partial charge in [0.05, 0.1) is 7.11 Å². The van der Waals surface area contributed by atoms with Gasteiger partial charge in [0.1, 0.15) is 5.75 Å². The summed E-state index contributed by atoms with van der Waals surface area (Å²) in [4.78, 5) is 0. The maximum absolute atomic E-state index is 5.21. The highest BCUT2D eigenvalue weighted by Crippen LogP contribution is 2.18. The number of rotatable bonds is 6. The van der Waals surface area contributed by atoms with Gasteiger partial charge in [-0.15, -0.1) is 6.58 Å². The second-order valence-electron chi connectivity index (χ2n) is 4.16. The van der Waals surface area contributed by atoms with Crippen molar-refractivity contribution in [1.82, 2.24) is 5.32 Å². The van der Waals surface area contributed by atoms with Crippen molar-refractivity contribution in [3.8, 4) is 5.75 Å². The third kappa shape index (κ3) is 4.07. The highest BCUT2D eigenvalue weighted by Gasteiger charge is 2.04. The van der Waals surface area contributed by atoms with Crippen molar-refractivity contribution < 1.29 is 4.74 Å². The van der Waals surface area contributed by atoms with Crippen molar-refractivity contribution in [2.24, 2.45) is 0 Å². The smallest absolute Gasteiger partial charge is 0.119 e. The molecule has 0 heterocycles. The van der Waals surface area contributed by atoms with E-state index in [1.165, 1.54) is 11.1 Å². The Morgan fingerprint density at radius 1 is 1.50 bits per heavy atom. The number of hydrogen-bond acceptors (Lipinski definition) is 2. The summed E-state index contributed by atoms with van der Waals surface area (Å²) < 4.78 is 5.21. The SMILES string of the molecule is C=C(C)CCN[C@@H](C)c1cccc(OC)c1. The summed E-state index contributed by atoms with van der Waals surface area (Å²) in [6.07, 6.45) is 1.02. The fourth-order valence-corrected chi connectivity index (χ4v) is 1.53. The van der Waals surface area contributed by atoms with E-state index in [0.717, 1.165) is 18.7 Å². The number of ether oxygens (including phenoxy) is 1. The first-order valence-corrected chi connectivity index (χ1v) is 5.65. The van der Waals surface area contributed by atoms with Crippen LogP contribution in [0.15, 0.2) is 36.4 Å². The average molecular weight is 219 g/mol. The third-order valence-corrected chi connectivity index (χ3v) is 2.60. The molecule has 1 aromatic rings. The summed E-state index contributed by atoms with van der Waals surface area (Å²) in [5.74, 6) is 0.908. The summed E-state index contributed by atoms with van der Waals surface area (Å²) in [6.45, 7) is 9.07. The van der Waals surface area contributed by atoms with E-state index in [2.05, 4.69) is 37.9 Å². The Bertz CT molecular complexity index is 346. The molecule has 0 saturated heterocycles. The Kier molecular flexibility index (Phi) is 5.06. The van der Waals surface area contributed by atoms with Crippen molar-refractivity contribution in [2.75, 3.05) is 13.7 Å². The molecule has 0 fully saturated rings. The second kappa shape index (κ2) is 6.33. The van der Waals surface area contributed by atoms with Gasteiger partial charge in [0.15, 0.2) is 0 Å². The molecule has 1 rings (SSSR count). The molecular formula is C14H21NO. The lowest BCUT2D eigenvalue weighted by Crippen LogP contribution is -2.19. The minimum atomic E-state index is 0.342. The summed E-state index contributed by atoms with van der Waals surface area (Å²) in [5.41, 5.74) is 2.46. The zero-order valence-electron chi connectivity index (χ0n) is 10.4. The molecule has 88 valence electrons. The average Bonchev–Trinajstić information content (AvgIpc) is 2.28. The lowest BCUT2D eigenvalue weighted by Gasteiger charge is -2.15. The quantitative estimate of drug-likeness (QED) is 0.741. The topological polar surface area (TPSA) is 21.3 Å². The van der Waals surface area contributed by atoms with Gasteiger partial charge < -0.3 is 10.1 Å². The van der Waals surface area contributed by atoms with Crippen LogP contribution in [0.1, 0.15) is 31.9 Å². The Morgan fingerprint density at radius 3 is 2.88 bits per heavy atom. The molecule has 0 bridgehead atoms. The first kappa shape index (κ1) is 12.8. The van der Waals surface area contributed by atoms with E-state index in [0.29, 0.717) is 6.04 Å². The van der Waals surface area contributed by atoms with Crippen LogP contribution in [0.5, 0.6) is 5.75 Å². The van der Waals surface area contributed by atoms with Crippen LogP contribution in [0.25, 0.3) is 0 Å². The van der Waals surface area contributed by atoms with E-state index in [9.17, 15) is 0 Å². The number of hydrogen-bond donors (Lipinski definition) is 1. The summed E-state index contributed by atoms with van der Waals surface area (Å²) >= 11 is 0. The van der Waals surface area contributed by atoms with Crippen molar-refractivity contribution in [1.29, 1.82) is 0 Å². The molecule has 0 unspecified atom stereocenters. The minimum absolute atomic E-state index is 0.342. The number of methoxy groups -OCH3 is 1. The van der Waals surface area contributed by atoms with E-state index in [4.69, 9.17) is 4.74 Å². The van der Waals surface area contributed by atoms with Crippen LogP contribution in [-0.2, 0) is 0 Å². The van der Waals surface area contributed by atoms with Gasteiger partial charge in [-0.3, -0.25) is 0 Å². The van der Waals surface area contributed by atoms with Crippen molar-refractivity contribution >= 4 is 0 Å². The van der Waals surface area contributed by atoms with Crippen LogP contribution in [0.2, 0.25) is 0 Å². The van der Waals surface area contributed by atoms with E-state index in [1.54, 1.807) is 7.11 Å². The van der Waals surface area contributed by atoms with Crippen molar-refractivity contribution in [3.05, 3.63) is 42.0 Å². The Balaban J connectivity index is 2.51. The predicted octanol–water partition coefficient (Wildman–Crippen LogP) is 3.31. The summed E-state index contributed by atoms with van der Waals surface area (Å²) in [7, 11) is 1.69. The van der Waals surface area contributed by atoms with E-state index in [1.807, 2.05) is 12.1 Å². The van der Waals surface area contributed by atoms with Gasteiger partial charge in [-0.1, -0.05) is 17.7 Å². The Hall–Kier alpha value is -1.28. The van der Waals surface area contributed by atoms with Gasteiger partial charge in [-0.05, 0) is 44.5 Å². The Morgan fingerprint density at radius 2 is 2.25 bits per heavy atom. The second-order valence-corrected chi connectivity index (χ2v) is 4.16. The van der Waals surface area contributed by atoms with Gasteiger partial charge in [0.25, 0.3) is 0 Å². The van der Waals surface area contributed by atoms with Crippen LogP contribution in [0.4, 0.5) is 0 Å². The minimum Gasteiger partial charge on any atom is -0.497 e. The monoisotopic (exact) mass is 219 g/mol. The fraction of sp³-hybridized carbons (Fsp3) is 0.429. The highest BCUT2D eigenvalue weighted by atomic mass is 16.5. The standard InChI is InChI=1S/C14H21NO/c1-11(2)8-9-15-12(3)13-6-5-7-14(10-13)16-4/h5-7,10,12,15H,1,8-9H2,2-4H3/t12-/m0/s1. The molecule has 1 atom stereocenters. The molecule has 0 radical (unpaired) electrons. The molecule has 1 N–H and O–H groups in total. The van der Waals surface area contributed by atoms with Gasteiger partial charge in [-0.25, -0.2) is 0 Å². The lowest BCUT2D eigenvalue weighted by atomic mass is 10.1. The molecular weight excluding hydrogens is 198 g/mol. The molecule has 0 aromatic heterocycles. The zero-order chi connectivity index (χ0) is 12.0. The van der Waals surface area contributed by atoms with E-state index in [-0.39, 0.29) is 0 Å². The van der Waals surface area contributed by atoms with Crippen LogP contribution >= 0.6 is 0 Å². The maximum atomic E-state index is 5.21. The molecule has 0 aliphatic carbocycles. The number of benzene rings is 1. The van der Waals surface area contributed by atoms with Crippen LogP contribution in [-0.4, -0.2) is 13.7 Å². The van der Waals surface area contributed by atoms with Gasteiger partial charge in [0.2, 0.25) is 0 Å². The fourth-order valence-electron chi connectivity index (χ4n) is 1.53. The van der Waals surface area contributed by atoms with Gasteiger partial charge in [0, 0.05) is 6.04 Å². The lowest BCUT2D eigenvalue weighted by molar-refractivity contribution is 0.413. The van der Waals surface area contributed by atoms with Crippen molar-refractivity contribution in [2.45, 2.75) is 26.3 Å². The normalized spacial score (nSPS) is 12.2. The molecule has 1 aromatic carbocycles. The van der Waals surface area contributed by atoms with Crippen LogP contribution in [0.3, 0.4) is 0 Å². The largest absolute Gasteiger partial charge is 0.497 e. The Labute approximate surface area is 98.3 Å². The third-order valence-electron chi connectivity index (χ3n) is 2.60. The van der Waals surface area contributed by atoms with Crippen LogP contribution in [0, 0.1) is 0 Å². The zero-order valence-corrected chi connectivity index (χ0v) is 10.4. The van der Waals surface area contributed by atoms with E-state index >= 15 is 0 Å². The number of nitrogens with one attached hydrogen (secondary N) is 1. The molecule has 0 saturated carbocycles. The highest BCUT2D eigenvalue weighted by molar-refractivity contribution is 5.30. The summed E-state index contributed by atoms with van der Waals surface area (Å²) in [6, 6.07) is 8.50. The predicted molar refractivity (Wildman–Crippen MR) is 68.8 cm³/mol. The van der Waals surface area contributed by atoms with Crippen molar-refractivity contribution in [3.63, 3.8) is 0 Å². The van der Waals surface area contributed by atoms with E-state index < -0.39 is 0 Å². The molecule has 0 spiro atoms. The maximum Gasteiger partial charge on any atom is 0.119 e. The molecule has 0 aliphatic heterocycles. The van der Waals surface area contributed by atoms with Gasteiger partial charge >= 0.3 is 0 Å². The molecule has 16 heavy (non-hydrogen) atoms. The van der Waals surface area contributed by atoms with Crippen LogP contribution < -0.4 is 10.1 Å².